The monoisotopic (exact) mass is 236 g/mol. The molecule has 1 rings (SSSR count). The smallest absolute Gasteiger partial charge is 0.243 e. The first kappa shape index (κ1) is 14.1. The lowest BCUT2D eigenvalue weighted by molar-refractivity contribution is -0.671. The molecule has 0 fully saturated rings. The Morgan fingerprint density at radius 3 is 2.40 bits per heavy atom. The van der Waals surface area contributed by atoms with Crippen molar-refractivity contribution in [3.8, 4) is 0 Å². The van der Waals surface area contributed by atoms with Crippen LogP contribution in [0.1, 0.15) is 0 Å². The zero-order valence-corrected chi connectivity index (χ0v) is 9.90. The molecule has 0 saturated heterocycles. The minimum absolute atomic E-state index is 0.604. The molecule has 0 atom stereocenters. The average Bonchev–Trinajstić information content (AvgIpc) is 2.45. The highest BCUT2D eigenvalue weighted by Gasteiger charge is 1.96. The molecule has 6 nitrogen and oxygen atoms in total. The van der Waals surface area contributed by atoms with E-state index in [0.717, 1.165) is 13.2 Å². The molecule has 0 bridgehead atoms. The van der Waals surface area contributed by atoms with Crippen LogP contribution in [-0.4, -0.2) is 37.5 Å². The number of aromatic nitrogens is 2. The summed E-state index contributed by atoms with van der Waals surface area (Å²) in [6.45, 7) is 1.70. The van der Waals surface area contributed by atoms with Crippen molar-refractivity contribution in [1.82, 2.24) is 4.57 Å². The number of aryl methyl sites for hydroxylation is 1. The van der Waals surface area contributed by atoms with E-state index in [4.69, 9.17) is 17.7 Å². The Morgan fingerprint density at radius 1 is 1.53 bits per heavy atom. The summed E-state index contributed by atoms with van der Waals surface area (Å²) in [4.78, 5) is 0. The molecule has 0 radical (unpaired) electrons. The minimum Gasteiger partial charge on any atom is -0.748 e. The molecule has 88 valence electrons. The number of hydrogen-bond donors (Lipinski definition) is 0. The predicted octanol–water partition coefficient (Wildman–Crippen LogP) is -0.880. The summed E-state index contributed by atoms with van der Waals surface area (Å²) in [5.41, 5.74) is 0. The maximum absolute atomic E-state index is 9.08. The summed E-state index contributed by atoms with van der Waals surface area (Å²) < 4.78 is 36.3. The first-order valence-corrected chi connectivity index (χ1v) is 6.05. The van der Waals surface area contributed by atoms with Gasteiger partial charge < -0.3 is 9.29 Å². The third-order valence-corrected chi connectivity index (χ3v) is 1.38. The molecule has 1 aromatic heterocycles. The summed E-state index contributed by atoms with van der Waals surface area (Å²) in [6.07, 6.45) is 6.67. The van der Waals surface area contributed by atoms with Crippen LogP contribution in [0.25, 0.3) is 0 Å². The highest BCUT2D eigenvalue weighted by molar-refractivity contribution is 7.84. The highest BCUT2D eigenvalue weighted by Crippen LogP contribution is 1.82. The topological polar surface area (TPSA) is 75.2 Å². The summed E-state index contributed by atoms with van der Waals surface area (Å²) in [5.74, 6) is 0. The van der Waals surface area contributed by atoms with Crippen molar-refractivity contribution < 1.29 is 22.3 Å². The van der Waals surface area contributed by atoms with Crippen molar-refractivity contribution in [2.24, 2.45) is 7.05 Å². The van der Waals surface area contributed by atoms with Crippen molar-refractivity contribution in [3.05, 3.63) is 18.7 Å². The van der Waals surface area contributed by atoms with Crippen LogP contribution in [0.4, 0.5) is 0 Å². The lowest BCUT2D eigenvalue weighted by Gasteiger charge is -1.92. The third kappa shape index (κ3) is 11.0. The lowest BCUT2D eigenvalue weighted by atomic mass is 10.7. The van der Waals surface area contributed by atoms with Gasteiger partial charge in [-0.05, 0) is 0 Å². The second-order valence-electron chi connectivity index (χ2n) is 3.01. The number of hydrogen-bond acceptors (Lipinski definition) is 4. The first-order chi connectivity index (χ1) is 6.83. The standard InChI is InChI=1S/C7H13N2O.CH4O3S/c1-8-3-4-9(7-8)5-6-10-2;1-5(2,3)4/h3-4,7H,5-6H2,1-2H3;1H3,(H,2,3,4)/q+1;/p-1. The molecular weight excluding hydrogens is 220 g/mol. The van der Waals surface area contributed by atoms with Gasteiger partial charge in [0.1, 0.15) is 18.9 Å². The fourth-order valence-electron chi connectivity index (χ4n) is 0.831. The minimum atomic E-state index is -3.92. The quantitative estimate of drug-likeness (QED) is 0.504. The van der Waals surface area contributed by atoms with Gasteiger partial charge in [-0.25, -0.2) is 17.6 Å². The zero-order chi connectivity index (χ0) is 11.9. The van der Waals surface area contributed by atoms with Crippen molar-refractivity contribution >= 4 is 10.1 Å². The Kier molecular flexibility index (Phi) is 6.14. The number of imidazole rings is 1. The van der Waals surface area contributed by atoms with E-state index < -0.39 is 10.1 Å². The molecule has 0 unspecified atom stereocenters. The van der Waals surface area contributed by atoms with E-state index in [1.807, 2.05) is 30.3 Å². The molecule has 0 aromatic carbocycles. The maximum Gasteiger partial charge on any atom is 0.243 e. The SMILES string of the molecule is COCCn1cc[n+](C)c1.CS(=O)(=O)[O-]. The van der Waals surface area contributed by atoms with E-state index in [0.29, 0.717) is 6.26 Å². The summed E-state index contributed by atoms with van der Waals surface area (Å²) in [7, 11) is -0.202. The van der Waals surface area contributed by atoms with Crippen LogP contribution in [0.3, 0.4) is 0 Å². The molecule has 0 aliphatic rings. The van der Waals surface area contributed by atoms with Crippen molar-refractivity contribution in [2.45, 2.75) is 6.54 Å². The van der Waals surface area contributed by atoms with E-state index in [1.54, 1.807) is 7.11 Å². The van der Waals surface area contributed by atoms with Gasteiger partial charge in [-0.2, -0.15) is 0 Å². The van der Waals surface area contributed by atoms with Gasteiger partial charge >= 0.3 is 0 Å². The van der Waals surface area contributed by atoms with Crippen molar-refractivity contribution in [2.75, 3.05) is 20.0 Å². The van der Waals surface area contributed by atoms with Gasteiger partial charge in [-0.15, -0.1) is 0 Å². The van der Waals surface area contributed by atoms with Crippen LogP contribution in [0.2, 0.25) is 0 Å². The number of methoxy groups -OCH3 is 1. The Labute approximate surface area is 89.9 Å². The van der Waals surface area contributed by atoms with Crippen LogP contribution in [0.5, 0.6) is 0 Å². The van der Waals surface area contributed by atoms with Gasteiger partial charge in [-0.1, -0.05) is 0 Å². The third-order valence-electron chi connectivity index (χ3n) is 1.38. The molecule has 0 amide bonds. The number of nitrogens with zero attached hydrogens (tertiary/aromatic N) is 2. The fraction of sp³-hybridized carbons (Fsp3) is 0.625. The van der Waals surface area contributed by atoms with Gasteiger partial charge in [0, 0.05) is 13.4 Å². The number of ether oxygens (including phenoxy) is 1. The Hall–Kier alpha value is -0.920. The normalized spacial score (nSPS) is 10.7. The van der Waals surface area contributed by atoms with Gasteiger partial charge in [0.2, 0.25) is 6.33 Å². The van der Waals surface area contributed by atoms with Crippen LogP contribution < -0.4 is 4.57 Å². The van der Waals surface area contributed by atoms with Crippen LogP contribution in [0.15, 0.2) is 18.7 Å². The maximum atomic E-state index is 9.08. The van der Waals surface area contributed by atoms with E-state index in [9.17, 15) is 0 Å². The molecule has 0 aliphatic heterocycles. The van der Waals surface area contributed by atoms with Crippen molar-refractivity contribution in [1.29, 1.82) is 0 Å². The summed E-state index contributed by atoms with van der Waals surface area (Å²) in [6, 6.07) is 0. The summed E-state index contributed by atoms with van der Waals surface area (Å²) in [5, 5.41) is 0. The van der Waals surface area contributed by atoms with E-state index >= 15 is 0 Å². The Balaban J connectivity index is 0.000000336. The van der Waals surface area contributed by atoms with Crippen molar-refractivity contribution in [3.63, 3.8) is 0 Å². The molecule has 0 aliphatic carbocycles. The Morgan fingerprint density at radius 2 is 2.07 bits per heavy atom. The van der Waals surface area contributed by atoms with Gasteiger partial charge in [0.25, 0.3) is 0 Å². The fourth-order valence-corrected chi connectivity index (χ4v) is 0.831. The largest absolute Gasteiger partial charge is 0.748 e. The second kappa shape index (κ2) is 6.54. The highest BCUT2D eigenvalue weighted by atomic mass is 32.2. The molecule has 0 N–H and O–H groups in total. The molecule has 0 saturated carbocycles. The van der Waals surface area contributed by atoms with E-state index in [2.05, 4.69) is 4.57 Å². The lowest BCUT2D eigenvalue weighted by Crippen LogP contribution is -2.24. The van der Waals surface area contributed by atoms with E-state index in [1.165, 1.54) is 0 Å². The Bertz CT molecular complexity index is 364. The van der Waals surface area contributed by atoms with E-state index in [-0.39, 0.29) is 0 Å². The molecular formula is C8H16N2O4S. The molecule has 0 spiro atoms. The second-order valence-corrected chi connectivity index (χ2v) is 4.42. The van der Waals surface area contributed by atoms with Gasteiger partial charge in [0.05, 0.1) is 23.8 Å². The molecule has 1 aromatic rings. The van der Waals surface area contributed by atoms with Crippen LogP contribution in [-0.2, 0) is 28.4 Å². The predicted molar refractivity (Wildman–Crippen MR) is 53.1 cm³/mol. The first-order valence-electron chi connectivity index (χ1n) is 4.23. The van der Waals surface area contributed by atoms with Gasteiger partial charge in [0.15, 0.2) is 0 Å². The zero-order valence-electron chi connectivity index (χ0n) is 9.08. The average molecular weight is 236 g/mol. The summed E-state index contributed by atoms with van der Waals surface area (Å²) >= 11 is 0. The molecule has 7 heteroatoms. The van der Waals surface area contributed by atoms with Gasteiger partial charge in [-0.3, -0.25) is 0 Å². The van der Waals surface area contributed by atoms with Crippen LogP contribution in [0, 0.1) is 0 Å². The molecule has 1 heterocycles. The number of rotatable bonds is 3. The van der Waals surface area contributed by atoms with Crippen LogP contribution >= 0.6 is 0 Å². The molecule has 15 heavy (non-hydrogen) atoms.